The van der Waals surface area contributed by atoms with Gasteiger partial charge in [-0.2, -0.15) is 10.5 Å². The first-order valence-electron chi connectivity index (χ1n) is 16.4. The molecule has 0 spiro atoms. The number of rotatable bonds is 4. The molecule has 0 saturated carbocycles. The van der Waals surface area contributed by atoms with E-state index in [-0.39, 0.29) is 0 Å². The van der Waals surface area contributed by atoms with E-state index in [1.165, 1.54) is 0 Å². The smallest absolute Gasteiger partial charge is 0.227 e. The number of oxazole rings is 2. The molecular formula is C44H23N5O2. The topological polar surface area (TPSA) is 105 Å². The van der Waals surface area contributed by atoms with Crippen LogP contribution in [-0.4, -0.2) is 14.5 Å². The fourth-order valence-electron chi connectivity index (χ4n) is 7.04. The number of nitrogens with zero attached hydrogens (tertiary/aromatic N) is 5. The van der Waals surface area contributed by atoms with Gasteiger partial charge in [-0.1, -0.05) is 42.5 Å². The number of fused-ring (bicyclic) bond motifs is 6. The van der Waals surface area contributed by atoms with E-state index in [0.29, 0.717) is 22.9 Å². The maximum absolute atomic E-state index is 9.57. The molecule has 51 heavy (non-hydrogen) atoms. The summed E-state index contributed by atoms with van der Waals surface area (Å²) < 4.78 is 14.6. The Kier molecular flexibility index (Phi) is 6.17. The van der Waals surface area contributed by atoms with E-state index in [0.717, 1.165) is 82.7 Å². The Morgan fingerprint density at radius 3 is 1.59 bits per heavy atom. The molecule has 0 N–H and O–H groups in total. The molecule has 7 aromatic carbocycles. The number of aromatic nitrogens is 3. The number of hydrogen-bond donors (Lipinski definition) is 0. The molecule has 0 aliphatic carbocycles. The third-order valence-corrected chi connectivity index (χ3v) is 9.45. The highest BCUT2D eigenvalue weighted by Gasteiger charge is 2.18. The lowest BCUT2D eigenvalue weighted by Gasteiger charge is -2.11. The van der Waals surface area contributed by atoms with Crippen LogP contribution in [0.1, 0.15) is 11.1 Å². The SMILES string of the molecule is N#Cc1cc(C#N)cc(-c2ccc3ccc(-n4c5ccc(-c6nc7ccccc7o6)cc5c5cc(-c6nc7ccccc7o6)ccc54)cc3c2)c1. The van der Waals surface area contributed by atoms with Gasteiger partial charge in [-0.25, -0.2) is 9.97 Å². The van der Waals surface area contributed by atoms with Gasteiger partial charge in [-0.05, 0) is 119 Å². The lowest BCUT2D eigenvalue weighted by Crippen LogP contribution is -1.94. The monoisotopic (exact) mass is 653 g/mol. The Bertz CT molecular complexity index is 2900. The van der Waals surface area contributed by atoms with Crippen molar-refractivity contribution in [3.05, 3.63) is 151 Å². The average molecular weight is 654 g/mol. The van der Waals surface area contributed by atoms with E-state index in [4.69, 9.17) is 18.8 Å². The molecule has 0 bridgehead atoms. The van der Waals surface area contributed by atoms with E-state index in [9.17, 15) is 10.5 Å². The van der Waals surface area contributed by atoms with Crippen molar-refractivity contribution in [3.63, 3.8) is 0 Å². The fraction of sp³-hybridized carbons (Fsp3) is 0. The highest BCUT2D eigenvalue weighted by atomic mass is 16.4. The Hall–Kier alpha value is -7.48. The first kappa shape index (κ1) is 28.5. The van der Waals surface area contributed by atoms with Crippen LogP contribution in [0.5, 0.6) is 0 Å². The second-order valence-electron chi connectivity index (χ2n) is 12.5. The molecule has 0 saturated heterocycles. The largest absolute Gasteiger partial charge is 0.436 e. The molecule has 7 nitrogen and oxygen atoms in total. The van der Waals surface area contributed by atoms with Crippen LogP contribution in [0.3, 0.4) is 0 Å². The van der Waals surface area contributed by atoms with Gasteiger partial charge in [0.05, 0.1) is 34.3 Å². The van der Waals surface area contributed by atoms with Crippen LogP contribution in [0.2, 0.25) is 0 Å². The maximum atomic E-state index is 9.57. The van der Waals surface area contributed by atoms with Crippen molar-refractivity contribution in [1.82, 2.24) is 14.5 Å². The predicted octanol–water partition coefficient (Wildman–Crippen LogP) is 11.0. The van der Waals surface area contributed by atoms with Gasteiger partial charge in [0.15, 0.2) is 11.2 Å². The summed E-state index contributed by atoms with van der Waals surface area (Å²) >= 11 is 0. The normalized spacial score (nSPS) is 11.5. The average Bonchev–Trinajstić information content (AvgIpc) is 3.91. The first-order valence-corrected chi connectivity index (χ1v) is 16.4. The lowest BCUT2D eigenvalue weighted by molar-refractivity contribution is 0.619. The molecule has 10 rings (SSSR count). The van der Waals surface area contributed by atoms with Gasteiger partial charge in [-0.15, -0.1) is 0 Å². The molecule has 236 valence electrons. The molecule has 7 heteroatoms. The Labute approximate surface area is 290 Å². The van der Waals surface area contributed by atoms with E-state index in [2.05, 4.69) is 83.4 Å². The lowest BCUT2D eigenvalue weighted by atomic mass is 9.98. The number of para-hydroxylation sites is 4. The molecule has 0 unspecified atom stereocenters. The summed E-state index contributed by atoms with van der Waals surface area (Å²) in [6, 6.07) is 50.5. The van der Waals surface area contributed by atoms with Gasteiger partial charge < -0.3 is 13.4 Å². The third kappa shape index (κ3) is 4.65. The summed E-state index contributed by atoms with van der Waals surface area (Å²) in [6.45, 7) is 0. The van der Waals surface area contributed by atoms with Crippen molar-refractivity contribution < 1.29 is 8.83 Å². The van der Waals surface area contributed by atoms with Crippen LogP contribution < -0.4 is 0 Å². The van der Waals surface area contributed by atoms with Gasteiger partial charge in [0.2, 0.25) is 11.8 Å². The van der Waals surface area contributed by atoms with Crippen molar-refractivity contribution in [2.45, 2.75) is 0 Å². The molecule has 0 atom stereocenters. The minimum Gasteiger partial charge on any atom is -0.436 e. The van der Waals surface area contributed by atoms with Crippen LogP contribution in [-0.2, 0) is 0 Å². The summed E-state index contributed by atoms with van der Waals surface area (Å²) in [5.74, 6) is 1.12. The molecule has 3 heterocycles. The number of benzene rings is 7. The zero-order chi connectivity index (χ0) is 34.1. The third-order valence-electron chi connectivity index (χ3n) is 9.45. The number of nitriles is 2. The van der Waals surface area contributed by atoms with Crippen molar-refractivity contribution in [2.75, 3.05) is 0 Å². The van der Waals surface area contributed by atoms with Gasteiger partial charge >= 0.3 is 0 Å². The molecule has 0 aliphatic heterocycles. The molecule has 0 radical (unpaired) electrons. The minimum atomic E-state index is 0.456. The predicted molar refractivity (Wildman–Crippen MR) is 199 cm³/mol. The molecular weight excluding hydrogens is 631 g/mol. The van der Waals surface area contributed by atoms with Crippen molar-refractivity contribution >= 4 is 54.8 Å². The highest BCUT2D eigenvalue weighted by Crippen LogP contribution is 2.39. The molecule has 0 aliphatic rings. The summed E-state index contributed by atoms with van der Waals surface area (Å²) in [5.41, 5.74) is 10.6. The van der Waals surface area contributed by atoms with E-state index >= 15 is 0 Å². The van der Waals surface area contributed by atoms with Gasteiger partial charge in [0, 0.05) is 27.6 Å². The zero-order valence-corrected chi connectivity index (χ0v) is 26.8. The summed E-state index contributed by atoms with van der Waals surface area (Å²) in [5, 5.41) is 23.3. The molecule has 10 aromatic rings. The van der Waals surface area contributed by atoms with Crippen LogP contribution >= 0.6 is 0 Å². The highest BCUT2D eigenvalue weighted by molar-refractivity contribution is 6.11. The Balaban J connectivity index is 1.18. The van der Waals surface area contributed by atoms with Crippen LogP contribution in [0.4, 0.5) is 0 Å². The number of hydrogen-bond acceptors (Lipinski definition) is 6. The van der Waals surface area contributed by atoms with E-state index < -0.39 is 0 Å². The standard InChI is InChI=1S/C44H23N5O2/c45-24-26-17-27(25-46)19-32(18-26)29-10-9-28-11-14-34(21-33(28)20-29)49-39-15-12-30(43-47-37-5-1-3-7-41(37)50-43)22-35(39)36-23-31(13-16-40(36)49)44-48-38-6-2-4-8-42(38)51-44/h1-23H. The van der Waals surface area contributed by atoms with E-state index in [1.807, 2.05) is 66.7 Å². The summed E-state index contributed by atoms with van der Waals surface area (Å²) in [6.07, 6.45) is 0. The van der Waals surface area contributed by atoms with Crippen LogP contribution in [0.25, 0.3) is 94.5 Å². The van der Waals surface area contributed by atoms with Crippen molar-refractivity contribution in [1.29, 1.82) is 10.5 Å². The second kappa shape index (κ2) is 11.0. The maximum Gasteiger partial charge on any atom is 0.227 e. The van der Waals surface area contributed by atoms with Crippen molar-refractivity contribution in [2.24, 2.45) is 0 Å². The Morgan fingerprint density at radius 2 is 1.02 bits per heavy atom. The van der Waals surface area contributed by atoms with Crippen LogP contribution in [0.15, 0.2) is 148 Å². The zero-order valence-electron chi connectivity index (χ0n) is 26.8. The fourth-order valence-corrected chi connectivity index (χ4v) is 7.04. The van der Waals surface area contributed by atoms with Crippen molar-refractivity contribution in [3.8, 4) is 51.9 Å². The molecule has 3 aromatic heterocycles. The van der Waals surface area contributed by atoms with Gasteiger partial charge in [0.1, 0.15) is 11.0 Å². The first-order chi connectivity index (χ1) is 25.1. The van der Waals surface area contributed by atoms with Gasteiger partial charge in [0.25, 0.3) is 0 Å². The van der Waals surface area contributed by atoms with E-state index in [1.54, 1.807) is 6.07 Å². The molecule has 0 amide bonds. The van der Waals surface area contributed by atoms with Crippen LogP contribution in [0, 0.1) is 22.7 Å². The summed E-state index contributed by atoms with van der Waals surface area (Å²) in [7, 11) is 0. The Morgan fingerprint density at radius 1 is 0.471 bits per heavy atom. The minimum absolute atomic E-state index is 0.456. The summed E-state index contributed by atoms with van der Waals surface area (Å²) in [4.78, 5) is 9.56. The molecule has 0 fully saturated rings. The quantitative estimate of drug-likeness (QED) is 0.187. The van der Waals surface area contributed by atoms with Gasteiger partial charge in [-0.3, -0.25) is 0 Å². The second-order valence-corrected chi connectivity index (χ2v) is 12.5.